The van der Waals surface area contributed by atoms with Crippen molar-refractivity contribution in [3.8, 4) is 11.3 Å². The van der Waals surface area contributed by atoms with Crippen LogP contribution < -0.4 is 5.56 Å². The molecule has 0 saturated carbocycles. The zero-order valence-electron chi connectivity index (χ0n) is 17.2. The van der Waals surface area contributed by atoms with Crippen molar-refractivity contribution in [2.75, 3.05) is 6.54 Å². The van der Waals surface area contributed by atoms with Crippen LogP contribution in [0.4, 0.5) is 4.39 Å². The normalized spacial score (nSPS) is 13.6. The van der Waals surface area contributed by atoms with E-state index in [2.05, 4.69) is 20.3 Å². The summed E-state index contributed by atoms with van der Waals surface area (Å²) in [6.45, 7) is 4.54. The van der Waals surface area contributed by atoms with E-state index in [0.29, 0.717) is 42.1 Å². The van der Waals surface area contributed by atoms with Crippen molar-refractivity contribution in [2.24, 2.45) is 0 Å². The Hall–Kier alpha value is -3.75. The predicted molar refractivity (Wildman–Crippen MR) is 112 cm³/mol. The summed E-state index contributed by atoms with van der Waals surface area (Å²) in [7, 11) is 0. The zero-order valence-corrected chi connectivity index (χ0v) is 17.2. The Kier molecular flexibility index (Phi) is 4.46. The standard InChI is InChI=1S/C22H21FN6O2/c1-12-17(13(2)26-25-12)9-21(30)28-8-7-16-19(11-28)24-20-10-18(27-29(20)22(16)31)14-3-5-15(23)6-4-14/h3-6,10,27H,7-9,11H2,1-2H3,(H,25,26). The SMILES string of the molecule is Cc1n[nH]c(C)c1CC(=O)N1CCc2c(nc3cc(-c4ccc(F)cc4)[nH]n3c2=O)C1. The molecule has 0 spiro atoms. The molecule has 0 fully saturated rings. The van der Waals surface area contributed by atoms with E-state index in [0.717, 1.165) is 22.5 Å². The molecule has 0 atom stereocenters. The summed E-state index contributed by atoms with van der Waals surface area (Å²) >= 11 is 0. The van der Waals surface area contributed by atoms with Crippen molar-refractivity contribution in [1.82, 2.24) is 29.7 Å². The van der Waals surface area contributed by atoms with Crippen LogP contribution in [0.1, 0.15) is 28.2 Å². The Labute approximate surface area is 176 Å². The minimum Gasteiger partial charge on any atom is -0.336 e. The molecule has 0 radical (unpaired) electrons. The maximum Gasteiger partial charge on any atom is 0.276 e. The number of benzene rings is 1. The summed E-state index contributed by atoms with van der Waals surface area (Å²) < 4.78 is 14.6. The highest BCUT2D eigenvalue weighted by molar-refractivity contribution is 5.79. The maximum absolute atomic E-state index is 13.2. The number of amides is 1. The third-order valence-electron chi connectivity index (χ3n) is 5.88. The Morgan fingerprint density at radius 1 is 1.23 bits per heavy atom. The van der Waals surface area contributed by atoms with Gasteiger partial charge in [0, 0.05) is 29.4 Å². The van der Waals surface area contributed by atoms with Gasteiger partial charge >= 0.3 is 0 Å². The van der Waals surface area contributed by atoms with Gasteiger partial charge in [0.1, 0.15) is 5.82 Å². The monoisotopic (exact) mass is 420 g/mol. The fraction of sp³-hybridized carbons (Fsp3) is 0.273. The van der Waals surface area contributed by atoms with Crippen LogP contribution in [0.5, 0.6) is 0 Å². The van der Waals surface area contributed by atoms with Gasteiger partial charge in [-0.25, -0.2) is 13.9 Å². The molecule has 4 heterocycles. The number of carbonyl (C=O) groups is 1. The average Bonchev–Trinajstić information content (AvgIpc) is 3.32. The number of aromatic nitrogens is 5. The molecule has 8 nitrogen and oxygen atoms in total. The van der Waals surface area contributed by atoms with Gasteiger partial charge in [-0.3, -0.25) is 19.8 Å². The highest BCUT2D eigenvalue weighted by Crippen LogP contribution is 2.22. The van der Waals surface area contributed by atoms with E-state index >= 15 is 0 Å². The number of halogens is 1. The molecule has 5 rings (SSSR count). The molecule has 1 aliphatic rings. The lowest BCUT2D eigenvalue weighted by Gasteiger charge is -2.27. The van der Waals surface area contributed by atoms with E-state index in [4.69, 9.17) is 0 Å². The Balaban J connectivity index is 1.45. The molecule has 1 aromatic carbocycles. The van der Waals surface area contributed by atoms with Gasteiger partial charge in [0.2, 0.25) is 5.91 Å². The highest BCUT2D eigenvalue weighted by atomic mass is 19.1. The molecular formula is C22H21FN6O2. The second kappa shape index (κ2) is 7.19. The topological polar surface area (TPSA) is 99.2 Å². The minimum absolute atomic E-state index is 0.0127. The molecule has 1 aliphatic heterocycles. The fourth-order valence-corrected chi connectivity index (χ4v) is 4.08. The number of nitrogens with zero attached hydrogens (tertiary/aromatic N) is 4. The first-order chi connectivity index (χ1) is 14.9. The van der Waals surface area contributed by atoms with Crippen molar-refractivity contribution >= 4 is 11.6 Å². The number of fused-ring (bicyclic) bond motifs is 2. The quantitative estimate of drug-likeness (QED) is 0.531. The van der Waals surface area contributed by atoms with E-state index in [9.17, 15) is 14.0 Å². The maximum atomic E-state index is 13.2. The van der Waals surface area contributed by atoms with Gasteiger partial charge in [0.25, 0.3) is 5.56 Å². The lowest BCUT2D eigenvalue weighted by atomic mass is 10.0. The van der Waals surface area contributed by atoms with Crippen LogP contribution in [-0.2, 0) is 24.2 Å². The molecule has 0 unspecified atom stereocenters. The summed E-state index contributed by atoms with van der Waals surface area (Å²) in [6.07, 6.45) is 0.716. The minimum atomic E-state index is -0.323. The average molecular weight is 420 g/mol. The van der Waals surface area contributed by atoms with Crippen LogP contribution in [0.2, 0.25) is 0 Å². The second-order valence-electron chi connectivity index (χ2n) is 7.87. The molecule has 31 heavy (non-hydrogen) atoms. The molecule has 158 valence electrons. The Morgan fingerprint density at radius 2 is 2.00 bits per heavy atom. The smallest absolute Gasteiger partial charge is 0.276 e. The van der Waals surface area contributed by atoms with E-state index in [-0.39, 0.29) is 23.7 Å². The van der Waals surface area contributed by atoms with Crippen molar-refractivity contribution in [2.45, 2.75) is 33.2 Å². The molecule has 4 aromatic rings. The van der Waals surface area contributed by atoms with E-state index in [1.807, 2.05) is 13.8 Å². The van der Waals surface area contributed by atoms with Crippen molar-refractivity contribution in [3.05, 3.63) is 74.7 Å². The zero-order chi connectivity index (χ0) is 21.7. The largest absolute Gasteiger partial charge is 0.336 e. The number of aromatic amines is 2. The molecule has 0 bridgehead atoms. The van der Waals surface area contributed by atoms with Gasteiger partial charge in [-0.1, -0.05) is 0 Å². The van der Waals surface area contributed by atoms with Crippen LogP contribution >= 0.6 is 0 Å². The molecule has 0 saturated heterocycles. The molecule has 3 aromatic heterocycles. The number of hydrogen-bond acceptors (Lipinski definition) is 4. The number of carbonyl (C=O) groups excluding carboxylic acids is 1. The number of hydrogen-bond donors (Lipinski definition) is 2. The third kappa shape index (κ3) is 3.31. The summed E-state index contributed by atoms with van der Waals surface area (Å²) in [6, 6.07) is 7.79. The van der Waals surface area contributed by atoms with Gasteiger partial charge in [0.05, 0.1) is 30.0 Å². The van der Waals surface area contributed by atoms with Crippen LogP contribution in [0.25, 0.3) is 16.9 Å². The van der Waals surface area contributed by atoms with Gasteiger partial charge in [-0.2, -0.15) is 5.10 Å². The summed E-state index contributed by atoms with van der Waals surface area (Å²) in [5.74, 6) is -0.336. The first kappa shape index (κ1) is 19.2. The Bertz CT molecular complexity index is 1350. The summed E-state index contributed by atoms with van der Waals surface area (Å²) in [5.41, 5.74) is 5.59. The molecule has 9 heteroatoms. The highest BCUT2D eigenvalue weighted by Gasteiger charge is 2.26. The van der Waals surface area contributed by atoms with Crippen LogP contribution in [0.3, 0.4) is 0 Å². The molecule has 2 N–H and O–H groups in total. The van der Waals surface area contributed by atoms with Crippen molar-refractivity contribution in [3.63, 3.8) is 0 Å². The van der Waals surface area contributed by atoms with Crippen LogP contribution in [-0.4, -0.2) is 42.1 Å². The lowest BCUT2D eigenvalue weighted by molar-refractivity contribution is -0.131. The van der Waals surface area contributed by atoms with E-state index < -0.39 is 0 Å². The van der Waals surface area contributed by atoms with Gasteiger partial charge in [0.15, 0.2) is 5.65 Å². The fourth-order valence-electron chi connectivity index (χ4n) is 4.08. The molecule has 0 aliphatic carbocycles. The van der Waals surface area contributed by atoms with E-state index in [1.54, 1.807) is 23.1 Å². The third-order valence-corrected chi connectivity index (χ3v) is 5.88. The van der Waals surface area contributed by atoms with Crippen molar-refractivity contribution in [1.29, 1.82) is 0 Å². The van der Waals surface area contributed by atoms with Gasteiger partial charge in [-0.05, 0) is 50.1 Å². The second-order valence-corrected chi connectivity index (χ2v) is 7.87. The first-order valence-electron chi connectivity index (χ1n) is 10.1. The molecular weight excluding hydrogens is 399 g/mol. The van der Waals surface area contributed by atoms with Crippen molar-refractivity contribution < 1.29 is 9.18 Å². The number of nitrogens with one attached hydrogen (secondary N) is 2. The number of H-pyrrole nitrogens is 2. The van der Waals surface area contributed by atoms with E-state index in [1.165, 1.54) is 16.6 Å². The first-order valence-corrected chi connectivity index (χ1v) is 10.1. The number of rotatable bonds is 3. The van der Waals surface area contributed by atoms with Gasteiger partial charge in [-0.15, -0.1) is 0 Å². The molecule has 1 amide bonds. The Morgan fingerprint density at radius 3 is 2.71 bits per heavy atom. The summed E-state index contributed by atoms with van der Waals surface area (Å²) in [4.78, 5) is 32.3. The van der Waals surface area contributed by atoms with Crippen LogP contribution in [0, 0.1) is 19.7 Å². The number of aryl methyl sites for hydroxylation is 2. The lowest BCUT2D eigenvalue weighted by Crippen LogP contribution is -2.40. The predicted octanol–water partition coefficient (Wildman–Crippen LogP) is 2.30. The summed E-state index contributed by atoms with van der Waals surface area (Å²) in [5, 5.41) is 10.1. The van der Waals surface area contributed by atoms with Crippen LogP contribution in [0.15, 0.2) is 35.1 Å². The van der Waals surface area contributed by atoms with Gasteiger partial charge < -0.3 is 4.90 Å².